The summed E-state index contributed by atoms with van der Waals surface area (Å²) >= 11 is 0. The van der Waals surface area contributed by atoms with E-state index in [0.717, 1.165) is 29.5 Å². The Labute approximate surface area is 101 Å². The van der Waals surface area contributed by atoms with Gasteiger partial charge in [-0.05, 0) is 30.7 Å². The van der Waals surface area contributed by atoms with Crippen molar-refractivity contribution in [1.82, 2.24) is 5.32 Å². The highest BCUT2D eigenvalue weighted by Crippen LogP contribution is 2.28. The monoisotopic (exact) mass is 232 g/mol. The number of anilines is 1. The fourth-order valence-electron chi connectivity index (χ4n) is 2.18. The minimum atomic E-state index is -0.275. The molecule has 1 amide bonds. The number of hydrogen-bond donors (Lipinski definition) is 1. The Morgan fingerprint density at radius 2 is 2.18 bits per heavy atom. The van der Waals surface area contributed by atoms with Crippen LogP contribution in [0.4, 0.5) is 5.69 Å². The number of benzene rings is 1. The van der Waals surface area contributed by atoms with Crippen molar-refractivity contribution < 1.29 is 9.59 Å². The lowest BCUT2D eigenvalue weighted by molar-refractivity contribution is -0.118. The number of aryl methyl sites for hydroxylation is 1. The molecule has 1 aromatic rings. The second-order valence-electron chi connectivity index (χ2n) is 4.24. The Morgan fingerprint density at radius 3 is 2.82 bits per heavy atom. The molecule has 0 saturated carbocycles. The first-order chi connectivity index (χ1) is 8.17. The zero-order valence-corrected chi connectivity index (χ0v) is 10.1. The number of hydrogen-bond acceptors (Lipinski definition) is 3. The van der Waals surface area contributed by atoms with Gasteiger partial charge in [0.15, 0.2) is 0 Å². The molecule has 4 nitrogen and oxygen atoms in total. The van der Waals surface area contributed by atoms with Gasteiger partial charge in [0, 0.05) is 19.2 Å². The van der Waals surface area contributed by atoms with Crippen molar-refractivity contribution in [3.63, 3.8) is 0 Å². The molecule has 0 radical (unpaired) electrons. The molecule has 17 heavy (non-hydrogen) atoms. The highest BCUT2D eigenvalue weighted by Gasteiger charge is 2.21. The third-order valence-electron chi connectivity index (χ3n) is 3.25. The van der Waals surface area contributed by atoms with E-state index in [4.69, 9.17) is 0 Å². The average molecular weight is 232 g/mol. The molecule has 90 valence electrons. The van der Waals surface area contributed by atoms with Crippen LogP contribution < -0.4 is 10.2 Å². The third-order valence-corrected chi connectivity index (χ3v) is 3.25. The lowest BCUT2D eigenvalue weighted by Crippen LogP contribution is -2.31. The number of fused-ring (bicyclic) bond motifs is 1. The van der Waals surface area contributed by atoms with Crippen molar-refractivity contribution in [2.45, 2.75) is 18.9 Å². The molecule has 1 heterocycles. The maximum atomic E-state index is 11.5. The van der Waals surface area contributed by atoms with Gasteiger partial charge in [-0.1, -0.05) is 12.1 Å². The van der Waals surface area contributed by atoms with E-state index in [1.54, 1.807) is 19.0 Å². The van der Waals surface area contributed by atoms with Gasteiger partial charge in [-0.25, -0.2) is 0 Å². The summed E-state index contributed by atoms with van der Waals surface area (Å²) in [5.74, 6) is 0.144. The molecule has 1 aromatic carbocycles. The molecule has 1 aliphatic heterocycles. The van der Waals surface area contributed by atoms with E-state index >= 15 is 0 Å². The van der Waals surface area contributed by atoms with Crippen LogP contribution in [0.3, 0.4) is 0 Å². The van der Waals surface area contributed by atoms with Gasteiger partial charge < -0.3 is 15.0 Å². The summed E-state index contributed by atoms with van der Waals surface area (Å²) < 4.78 is 0. The van der Waals surface area contributed by atoms with Gasteiger partial charge in [0.25, 0.3) is 0 Å². The molecule has 0 saturated heterocycles. The van der Waals surface area contributed by atoms with Gasteiger partial charge in [-0.2, -0.15) is 0 Å². The predicted molar refractivity (Wildman–Crippen MR) is 66.0 cm³/mol. The summed E-state index contributed by atoms with van der Waals surface area (Å²) in [6.45, 7) is 0. The standard InChI is InChI=1S/C13H16N2O2/c1-14-11(8-16)9-3-5-12-10(7-9)4-6-13(17)15(12)2/h3,5,7-8,11,14H,4,6H2,1-2H3. The zero-order valence-electron chi connectivity index (χ0n) is 10.1. The summed E-state index contributed by atoms with van der Waals surface area (Å²) in [5.41, 5.74) is 3.03. The van der Waals surface area contributed by atoms with E-state index < -0.39 is 0 Å². The van der Waals surface area contributed by atoms with Crippen molar-refractivity contribution in [2.24, 2.45) is 0 Å². The first-order valence-electron chi connectivity index (χ1n) is 5.69. The molecule has 0 bridgehead atoms. The number of rotatable bonds is 3. The van der Waals surface area contributed by atoms with Crippen LogP contribution in [0, 0.1) is 0 Å². The molecule has 4 heteroatoms. The molecule has 1 unspecified atom stereocenters. The smallest absolute Gasteiger partial charge is 0.227 e. The summed E-state index contributed by atoms with van der Waals surface area (Å²) in [6.07, 6.45) is 2.18. The maximum Gasteiger partial charge on any atom is 0.227 e. The van der Waals surface area contributed by atoms with E-state index in [9.17, 15) is 9.59 Å². The highest BCUT2D eigenvalue weighted by molar-refractivity contribution is 5.95. The highest BCUT2D eigenvalue weighted by atomic mass is 16.2. The molecule has 0 aliphatic carbocycles. The topological polar surface area (TPSA) is 49.4 Å². The van der Waals surface area contributed by atoms with Crippen LogP contribution in [0.15, 0.2) is 18.2 Å². The maximum absolute atomic E-state index is 11.5. The largest absolute Gasteiger partial charge is 0.315 e. The van der Waals surface area contributed by atoms with E-state index in [-0.39, 0.29) is 11.9 Å². The molecular formula is C13H16N2O2. The number of amides is 1. The summed E-state index contributed by atoms with van der Waals surface area (Å²) in [5, 5.41) is 2.95. The molecular weight excluding hydrogens is 216 g/mol. The number of carbonyl (C=O) groups excluding carboxylic acids is 2. The van der Waals surface area contributed by atoms with E-state index in [1.807, 2.05) is 18.2 Å². The molecule has 1 aliphatic rings. The molecule has 0 fully saturated rings. The van der Waals surface area contributed by atoms with E-state index in [0.29, 0.717) is 6.42 Å². The Bertz CT molecular complexity index is 457. The lowest BCUT2D eigenvalue weighted by atomic mass is 9.97. The average Bonchev–Trinajstić information content (AvgIpc) is 2.35. The van der Waals surface area contributed by atoms with Gasteiger partial charge in [0.2, 0.25) is 5.91 Å². The predicted octanol–water partition coefficient (Wildman–Crippen LogP) is 1.05. The van der Waals surface area contributed by atoms with E-state index in [2.05, 4.69) is 5.32 Å². The minimum Gasteiger partial charge on any atom is -0.315 e. The normalized spacial score (nSPS) is 16.6. The van der Waals surface area contributed by atoms with Gasteiger partial charge in [-0.3, -0.25) is 4.79 Å². The van der Waals surface area contributed by atoms with Crippen LogP contribution in [0.1, 0.15) is 23.6 Å². The molecule has 0 aromatic heterocycles. The fraction of sp³-hybridized carbons (Fsp3) is 0.385. The SMILES string of the molecule is CNC(C=O)c1ccc2c(c1)CCC(=O)N2C. The first-order valence-corrected chi connectivity index (χ1v) is 5.69. The summed E-state index contributed by atoms with van der Waals surface area (Å²) in [4.78, 5) is 24.1. The van der Waals surface area contributed by atoms with Crippen molar-refractivity contribution >= 4 is 17.9 Å². The van der Waals surface area contributed by atoms with E-state index in [1.165, 1.54) is 0 Å². The minimum absolute atomic E-state index is 0.144. The van der Waals surface area contributed by atoms with Crippen molar-refractivity contribution in [3.05, 3.63) is 29.3 Å². The van der Waals surface area contributed by atoms with Gasteiger partial charge in [0.05, 0.1) is 6.04 Å². The Morgan fingerprint density at radius 1 is 1.41 bits per heavy atom. The van der Waals surface area contributed by atoms with Crippen LogP contribution in [-0.4, -0.2) is 26.3 Å². The lowest BCUT2D eigenvalue weighted by Gasteiger charge is -2.26. The Kier molecular flexibility index (Phi) is 3.24. The number of aldehydes is 1. The number of nitrogens with zero attached hydrogens (tertiary/aromatic N) is 1. The van der Waals surface area contributed by atoms with Crippen LogP contribution in [-0.2, 0) is 16.0 Å². The number of likely N-dealkylation sites (N-methyl/N-ethyl adjacent to an activating group) is 1. The summed E-state index contributed by atoms with van der Waals surface area (Å²) in [7, 11) is 3.55. The Hall–Kier alpha value is -1.68. The number of nitrogens with one attached hydrogen (secondary N) is 1. The van der Waals surface area contributed by atoms with Crippen LogP contribution in [0.5, 0.6) is 0 Å². The van der Waals surface area contributed by atoms with Crippen LogP contribution in [0.25, 0.3) is 0 Å². The first kappa shape index (κ1) is 11.8. The quantitative estimate of drug-likeness (QED) is 0.793. The van der Waals surface area contributed by atoms with Crippen molar-refractivity contribution in [2.75, 3.05) is 19.0 Å². The summed E-state index contributed by atoms with van der Waals surface area (Å²) in [6, 6.07) is 5.54. The van der Waals surface area contributed by atoms with Crippen LogP contribution in [0.2, 0.25) is 0 Å². The van der Waals surface area contributed by atoms with Gasteiger partial charge in [0.1, 0.15) is 6.29 Å². The molecule has 1 N–H and O–H groups in total. The third kappa shape index (κ3) is 2.08. The second kappa shape index (κ2) is 4.67. The van der Waals surface area contributed by atoms with Gasteiger partial charge in [-0.15, -0.1) is 0 Å². The fourth-order valence-corrected chi connectivity index (χ4v) is 2.18. The van der Waals surface area contributed by atoms with Crippen molar-refractivity contribution in [1.29, 1.82) is 0 Å². The number of carbonyl (C=O) groups is 2. The molecule has 2 rings (SSSR count). The second-order valence-corrected chi connectivity index (χ2v) is 4.24. The molecule has 1 atom stereocenters. The van der Waals surface area contributed by atoms with Crippen LogP contribution >= 0.6 is 0 Å². The molecule has 0 spiro atoms. The zero-order chi connectivity index (χ0) is 12.4. The Balaban J connectivity index is 2.38. The van der Waals surface area contributed by atoms with Gasteiger partial charge >= 0.3 is 0 Å². The van der Waals surface area contributed by atoms with Crippen molar-refractivity contribution in [3.8, 4) is 0 Å².